The second-order valence-corrected chi connectivity index (χ2v) is 8.48. The van der Waals surface area contributed by atoms with Crippen molar-refractivity contribution in [2.75, 3.05) is 26.5 Å². The number of halogens is 1. The molecule has 168 valence electrons. The molecule has 0 saturated heterocycles. The molecule has 0 fully saturated rings. The van der Waals surface area contributed by atoms with Gasteiger partial charge in [-0.3, -0.25) is 0 Å². The van der Waals surface area contributed by atoms with Crippen molar-refractivity contribution in [1.29, 1.82) is 0 Å². The van der Waals surface area contributed by atoms with E-state index >= 15 is 0 Å². The van der Waals surface area contributed by atoms with Crippen LogP contribution < -0.4 is 0 Å². The maximum Gasteiger partial charge on any atom is 0.330 e. The van der Waals surface area contributed by atoms with Gasteiger partial charge in [0.15, 0.2) is 0 Å². The minimum absolute atomic E-state index is 0.298. The Bertz CT molecular complexity index is 331. The highest BCUT2D eigenvalue weighted by Crippen LogP contribution is 2.12. The van der Waals surface area contributed by atoms with Crippen LogP contribution in [0.1, 0.15) is 110 Å². The van der Waals surface area contributed by atoms with Gasteiger partial charge in [-0.25, -0.2) is 4.79 Å². The van der Waals surface area contributed by atoms with Gasteiger partial charge >= 0.3 is 5.97 Å². The number of nitrogens with zero attached hydrogens (tertiary/aromatic N) is 1. The highest BCUT2D eigenvalue weighted by molar-refractivity contribution is 6.17. The van der Waals surface area contributed by atoms with Crippen LogP contribution in [-0.2, 0) is 4.79 Å². The maximum absolute atomic E-state index is 10.3. The normalized spacial score (nSPS) is 10.6. The van der Waals surface area contributed by atoms with Crippen LogP contribution in [0.2, 0.25) is 0 Å². The fraction of sp³-hybridized carbons (Fsp3) is 0.875. The molecule has 28 heavy (non-hydrogen) atoms. The minimum atomic E-state index is -0.885. The summed E-state index contributed by atoms with van der Waals surface area (Å²) in [5, 5.41) is 8.43. The number of unbranched alkanes of at least 4 members (excludes halogenated alkanes) is 13. The average molecular weight is 418 g/mol. The van der Waals surface area contributed by atoms with E-state index in [-0.39, 0.29) is 0 Å². The van der Waals surface area contributed by atoms with Gasteiger partial charge in [0.05, 0.1) is 0 Å². The molecule has 0 amide bonds. The number of alkyl halides is 1. The Morgan fingerprint density at radius 3 is 1.50 bits per heavy atom. The first-order valence-electron chi connectivity index (χ1n) is 11.6. The van der Waals surface area contributed by atoms with Gasteiger partial charge in [-0.15, -0.1) is 11.6 Å². The van der Waals surface area contributed by atoms with Crippen LogP contribution in [-0.4, -0.2) is 42.5 Å². The van der Waals surface area contributed by atoms with E-state index in [4.69, 9.17) is 16.7 Å². The zero-order chi connectivity index (χ0) is 21.5. The molecule has 0 aliphatic carbocycles. The van der Waals surface area contributed by atoms with E-state index in [1.165, 1.54) is 89.9 Å². The van der Waals surface area contributed by atoms with Gasteiger partial charge in [-0.2, -0.15) is 0 Å². The monoisotopic (exact) mass is 417 g/mol. The molecular formula is C24H48ClNO2. The second-order valence-electron chi connectivity index (χ2n) is 8.10. The fourth-order valence-electron chi connectivity index (χ4n) is 3.00. The van der Waals surface area contributed by atoms with Crippen LogP contribution >= 0.6 is 11.6 Å². The highest BCUT2D eigenvalue weighted by atomic mass is 35.5. The Morgan fingerprint density at radius 2 is 1.18 bits per heavy atom. The van der Waals surface area contributed by atoms with E-state index in [1.807, 2.05) is 19.0 Å². The van der Waals surface area contributed by atoms with Crippen LogP contribution in [0.4, 0.5) is 0 Å². The third-order valence-electron chi connectivity index (χ3n) is 4.87. The van der Waals surface area contributed by atoms with Gasteiger partial charge in [0.1, 0.15) is 0 Å². The van der Waals surface area contributed by atoms with Crippen molar-refractivity contribution in [3.05, 3.63) is 12.2 Å². The fourth-order valence-corrected chi connectivity index (χ4v) is 3.19. The molecule has 0 unspecified atom stereocenters. The lowest BCUT2D eigenvalue weighted by Crippen LogP contribution is -2.13. The van der Waals surface area contributed by atoms with E-state index in [9.17, 15) is 4.79 Å². The maximum atomic E-state index is 10.3. The van der Waals surface area contributed by atoms with Crippen LogP contribution in [0, 0.1) is 0 Å². The Kier molecular flexibility index (Phi) is 25.9. The van der Waals surface area contributed by atoms with Crippen molar-refractivity contribution in [1.82, 2.24) is 4.90 Å². The van der Waals surface area contributed by atoms with Crippen LogP contribution in [0.3, 0.4) is 0 Å². The van der Waals surface area contributed by atoms with Gasteiger partial charge < -0.3 is 10.0 Å². The van der Waals surface area contributed by atoms with Crippen molar-refractivity contribution in [2.24, 2.45) is 0 Å². The first-order chi connectivity index (χ1) is 13.5. The number of carboxylic acid groups (broad SMARTS) is 1. The van der Waals surface area contributed by atoms with Crippen LogP contribution in [0.5, 0.6) is 0 Å². The molecule has 0 aromatic heterocycles. The summed E-state index contributed by atoms with van der Waals surface area (Å²) in [7, 11) is 3.92. The molecular weight excluding hydrogens is 370 g/mol. The summed E-state index contributed by atoms with van der Waals surface area (Å²) in [5.41, 5.74) is 0.298. The smallest absolute Gasteiger partial charge is 0.330 e. The highest BCUT2D eigenvalue weighted by Gasteiger charge is 2.02. The van der Waals surface area contributed by atoms with E-state index in [0.717, 1.165) is 18.8 Å². The summed E-state index contributed by atoms with van der Waals surface area (Å²) in [4.78, 5) is 12.3. The van der Waals surface area contributed by atoms with E-state index in [1.54, 1.807) is 0 Å². The SMILES string of the molecule is C=C(CCCN(C)C)C(=O)O.CCCCCCCCCCCCCCCCCl. The van der Waals surface area contributed by atoms with Gasteiger partial charge in [-0.05, 0) is 39.9 Å². The number of aliphatic carboxylic acids is 1. The van der Waals surface area contributed by atoms with Crippen molar-refractivity contribution >= 4 is 17.6 Å². The molecule has 0 rings (SSSR count). The molecule has 0 radical (unpaired) electrons. The van der Waals surface area contributed by atoms with Crippen molar-refractivity contribution in [3.63, 3.8) is 0 Å². The molecule has 0 heterocycles. The Hall–Kier alpha value is -0.540. The number of hydrogen-bond acceptors (Lipinski definition) is 2. The topological polar surface area (TPSA) is 40.5 Å². The first-order valence-corrected chi connectivity index (χ1v) is 12.1. The molecule has 1 N–H and O–H groups in total. The quantitative estimate of drug-likeness (QED) is 0.133. The molecule has 3 nitrogen and oxygen atoms in total. The summed E-state index contributed by atoms with van der Waals surface area (Å²) < 4.78 is 0. The second kappa shape index (κ2) is 24.5. The van der Waals surface area contributed by atoms with E-state index < -0.39 is 5.97 Å². The molecule has 0 aliphatic heterocycles. The lowest BCUT2D eigenvalue weighted by molar-refractivity contribution is -0.132. The van der Waals surface area contributed by atoms with Gasteiger partial charge in [0.25, 0.3) is 0 Å². The molecule has 4 heteroatoms. The van der Waals surface area contributed by atoms with E-state index in [0.29, 0.717) is 12.0 Å². The van der Waals surface area contributed by atoms with Gasteiger partial charge in [-0.1, -0.05) is 97.0 Å². The molecule has 0 saturated carbocycles. The molecule has 0 spiro atoms. The standard InChI is InChI=1S/C16H33Cl.C8H15NO2/c1-2-3-4-5-6-7-8-9-10-11-12-13-14-15-16-17;1-7(8(10)11)5-4-6-9(2)3/h2-16H2,1H3;1,4-6H2,2-3H3,(H,10,11). The Balaban J connectivity index is 0. The van der Waals surface area contributed by atoms with E-state index in [2.05, 4.69) is 13.5 Å². The molecule has 0 aliphatic rings. The molecule has 0 bridgehead atoms. The summed E-state index contributed by atoms with van der Waals surface area (Å²) in [5.74, 6) is -0.0401. The summed E-state index contributed by atoms with van der Waals surface area (Å²) in [6.07, 6.45) is 21.3. The molecule has 0 aromatic rings. The Morgan fingerprint density at radius 1 is 0.786 bits per heavy atom. The minimum Gasteiger partial charge on any atom is -0.478 e. The van der Waals surface area contributed by atoms with Crippen LogP contribution in [0.15, 0.2) is 12.2 Å². The lowest BCUT2D eigenvalue weighted by Gasteiger charge is -2.08. The van der Waals surface area contributed by atoms with Crippen LogP contribution in [0.25, 0.3) is 0 Å². The van der Waals surface area contributed by atoms with Crippen molar-refractivity contribution in [3.8, 4) is 0 Å². The Labute approximate surface area is 180 Å². The number of rotatable bonds is 19. The summed E-state index contributed by atoms with van der Waals surface area (Å²) in [6.45, 7) is 6.63. The third kappa shape index (κ3) is 27.7. The zero-order valence-corrected chi connectivity index (χ0v) is 19.9. The third-order valence-corrected chi connectivity index (χ3v) is 5.14. The number of carboxylic acids is 1. The molecule has 0 aromatic carbocycles. The lowest BCUT2D eigenvalue weighted by atomic mass is 10.0. The van der Waals surface area contributed by atoms with Gasteiger partial charge in [0, 0.05) is 11.5 Å². The number of hydrogen-bond donors (Lipinski definition) is 1. The van der Waals surface area contributed by atoms with Crippen molar-refractivity contribution in [2.45, 2.75) is 110 Å². The summed E-state index contributed by atoms with van der Waals surface area (Å²) in [6, 6.07) is 0. The van der Waals surface area contributed by atoms with Crippen molar-refractivity contribution < 1.29 is 9.90 Å². The first kappa shape index (κ1) is 29.7. The molecule has 0 atom stereocenters. The number of carbonyl (C=O) groups is 1. The predicted molar refractivity (Wildman–Crippen MR) is 126 cm³/mol. The predicted octanol–water partition coefficient (Wildman–Crippen LogP) is 7.68. The average Bonchev–Trinajstić information content (AvgIpc) is 2.65. The van der Waals surface area contributed by atoms with Gasteiger partial charge in [0.2, 0.25) is 0 Å². The largest absolute Gasteiger partial charge is 0.478 e. The zero-order valence-electron chi connectivity index (χ0n) is 19.1. The summed E-state index contributed by atoms with van der Waals surface area (Å²) >= 11 is 5.64.